The molecule has 0 bridgehead atoms. The molecule has 3 rings (SSSR count). The largest absolute Gasteiger partial charge is 0.478 e. The molecule has 29 heavy (non-hydrogen) atoms. The van der Waals surface area contributed by atoms with Crippen LogP contribution in [0.2, 0.25) is 0 Å². The topological polar surface area (TPSA) is 101 Å². The number of nitrogens with zero attached hydrogens (tertiary/aromatic N) is 2. The lowest BCUT2D eigenvalue weighted by atomic mass is 10.0. The molecule has 0 unspecified atom stereocenters. The van der Waals surface area contributed by atoms with Crippen LogP contribution in [0.25, 0.3) is 0 Å². The van der Waals surface area contributed by atoms with Gasteiger partial charge in [-0.15, -0.1) is 0 Å². The van der Waals surface area contributed by atoms with Gasteiger partial charge in [0.1, 0.15) is 12.4 Å². The van der Waals surface area contributed by atoms with Crippen LogP contribution in [0.5, 0.6) is 0 Å². The van der Waals surface area contributed by atoms with Crippen LogP contribution in [0.1, 0.15) is 28.0 Å². The second kappa shape index (κ2) is 9.38. The maximum atomic E-state index is 12.2. The number of rotatable bonds is 6. The van der Waals surface area contributed by atoms with Gasteiger partial charge in [-0.25, -0.2) is 14.6 Å². The molecule has 1 aromatic carbocycles. The Bertz CT molecular complexity index is 859. The van der Waals surface area contributed by atoms with E-state index in [1.807, 2.05) is 35.2 Å². The number of hydrogen-bond acceptors (Lipinski definition) is 6. The van der Waals surface area contributed by atoms with Crippen molar-refractivity contribution in [2.75, 3.05) is 25.1 Å². The van der Waals surface area contributed by atoms with E-state index in [1.165, 1.54) is 6.07 Å². The fraction of sp³-hybridized carbons (Fsp3) is 0.381. The van der Waals surface area contributed by atoms with E-state index in [0.717, 1.165) is 5.56 Å². The molecule has 0 aliphatic carbocycles. The number of pyridine rings is 1. The fourth-order valence-electron chi connectivity index (χ4n) is 3.38. The fourth-order valence-corrected chi connectivity index (χ4v) is 3.38. The number of ether oxygens (including phenoxy) is 2. The van der Waals surface area contributed by atoms with Crippen molar-refractivity contribution < 1.29 is 24.2 Å². The van der Waals surface area contributed by atoms with Crippen molar-refractivity contribution in [1.29, 1.82) is 0 Å². The molecule has 0 spiro atoms. The van der Waals surface area contributed by atoms with Gasteiger partial charge in [-0.3, -0.25) is 0 Å². The second-order valence-electron chi connectivity index (χ2n) is 6.98. The Morgan fingerprint density at radius 1 is 1.28 bits per heavy atom. The van der Waals surface area contributed by atoms with Gasteiger partial charge in [0, 0.05) is 25.9 Å². The van der Waals surface area contributed by atoms with Crippen molar-refractivity contribution in [3.05, 3.63) is 59.3 Å². The van der Waals surface area contributed by atoms with Gasteiger partial charge >= 0.3 is 12.1 Å². The Kier molecular flexibility index (Phi) is 6.66. The number of aromatic nitrogens is 1. The summed E-state index contributed by atoms with van der Waals surface area (Å²) in [4.78, 5) is 29.9. The Morgan fingerprint density at radius 3 is 2.72 bits per heavy atom. The van der Waals surface area contributed by atoms with E-state index >= 15 is 0 Å². The molecule has 1 aliphatic heterocycles. The standard InChI is InChI=1S/C21H25N3O5/c1-14-10-16(20(25)26)11-19(22-14)24-9-8-17(18(12-24)28-2)23-21(27)29-13-15-6-4-3-5-7-15/h3-7,10-11,17-18H,8-9,12-13H2,1-2H3,(H,23,27)(H,25,26)/t17-,18+/m0/s1. The zero-order valence-electron chi connectivity index (χ0n) is 16.5. The number of aryl methyl sites for hydroxylation is 1. The van der Waals surface area contributed by atoms with Gasteiger partial charge in [-0.2, -0.15) is 0 Å². The number of benzene rings is 1. The minimum Gasteiger partial charge on any atom is -0.478 e. The second-order valence-corrected chi connectivity index (χ2v) is 6.98. The number of carboxylic acid groups (broad SMARTS) is 1. The summed E-state index contributed by atoms with van der Waals surface area (Å²) in [5, 5.41) is 12.1. The number of carbonyl (C=O) groups excluding carboxylic acids is 1. The van der Waals surface area contributed by atoms with Crippen molar-refractivity contribution in [3.8, 4) is 0 Å². The van der Waals surface area contributed by atoms with Crippen LogP contribution in [0.15, 0.2) is 42.5 Å². The summed E-state index contributed by atoms with van der Waals surface area (Å²) in [5.74, 6) is -0.396. The molecule has 8 heteroatoms. The molecule has 1 aromatic heterocycles. The zero-order chi connectivity index (χ0) is 20.8. The predicted molar refractivity (Wildman–Crippen MR) is 107 cm³/mol. The molecule has 1 saturated heterocycles. The van der Waals surface area contributed by atoms with E-state index < -0.39 is 12.1 Å². The number of carbonyl (C=O) groups is 2. The van der Waals surface area contributed by atoms with E-state index in [2.05, 4.69) is 10.3 Å². The highest BCUT2D eigenvalue weighted by atomic mass is 16.5. The molecule has 8 nitrogen and oxygen atoms in total. The number of amides is 1. The molecule has 154 valence electrons. The molecule has 2 N–H and O–H groups in total. The first-order valence-electron chi connectivity index (χ1n) is 9.43. The predicted octanol–water partition coefficient (Wildman–Crippen LogP) is 2.61. The SMILES string of the molecule is CO[C@@H]1CN(c2cc(C(=O)O)cc(C)n2)CC[C@@H]1NC(=O)OCc1ccccc1. The van der Waals surface area contributed by atoms with Crippen LogP contribution in [0.4, 0.5) is 10.6 Å². The molecule has 2 heterocycles. The van der Waals surface area contributed by atoms with E-state index in [4.69, 9.17) is 9.47 Å². The van der Waals surface area contributed by atoms with E-state index in [9.17, 15) is 14.7 Å². The number of hydrogen-bond donors (Lipinski definition) is 2. The third-order valence-electron chi connectivity index (χ3n) is 4.89. The lowest BCUT2D eigenvalue weighted by molar-refractivity contribution is 0.0544. The quantitative estimate of drug-likeness (QED) is 0.770. The van der Waals surface area contributed by atoms with Crippen molar-refractivity contribution in [3.63, 3.8) is 0 Å². The number of aromatic carboxylic acids is 1. The third-order valence-corrected chi connectivity index (χ3v) is 4.89. The van der Waals surface area contributed by atoms with Gasteiger partial charge in [0.15, 0.2) is 0 Å². The highest BCUT2D eigenvalue weighted by Gasteiger charge is 2.31. The summed E-state index contributed by atoms with van der Waals surface area (Å²) < 4.78 is 10.9. The monoisotopic (exact) mass is 399 g/mol. The Labute approximate surface area is 169 Å². The van der Waals surface area contributed by atoms with E-state index in [-0.39, 0.29) is 24.3 Å². The highest BCUT2D eigenvalue weighted by Crippen LogP contribution is 2.22. The van der Waals surface area contributed by atoms with Crippen molar-refractivity contribution in [2.45, 2.75) is 32.1 Å². The number of nitrogens with one attached hydrogen (secondary N) is 1. The van der Waals surface area contributed by atoms with Gasteiger partial charge < -0.3 is 24.8 Å². The first-order valence-corrected chi connectivity index (χ1v) is 9.43. The van der Waals surface area contributed by atoms with Crippen molar-refractivity contribution >= 4 is 17.9 Å². The molecule has 1 amide bonds. The number of methoxy groups -OCH3 is 1. The summed E-state index contributed by atoms with van der Waals surface area (Å²) in [5.41, 5.74) is 1.75. The lowest BCUT2D eigenvalue weighted by Crippen LogP contribution is -2.55. The summed E-state index contributed by atoms with van der Waals surface area (Å²) in [6, 6.07) is 12.4. The third kappa shape index (κ3) is 5.45. The summed E-state index contributed by atoms with van der Waals surface area (Å²) in [6.07, 6.45) is -0.142. The van der Waals surface area contributed by atoms with Crippen molar-refractivity contribution in [2.24, 2.45) is 0 Å². The molecule has 0 saturated carbocycles. The van der Waals surface area contributed by atoms with Gasteiger partial charge in [0.2, 0.25) is 0 Å². The molecular weight excluding hydrogens is 374 g/mol. The molecule has 2 atom stereocenters. The normalized spacial score (nSPS) is 18.9. The minimum atomic E-state index is -0.988. The first-order chi connectivity index (χ1) is 14.0. The molecule has 2 aromatic rings. The molecule has 0 radical (unpaired) electrons. The minimum absolute atomic E-state index is 0.200. The Hall–Kier alpha value is -3.13. The molecule has 1 aliphatic rings. The average molecular weight is 399 g/mol. The van der Waals surface area contributed by atoms with Crippen LogP contribution >= 0.6 is 0 Å². The molecular formula is C21H25N3O5. The number of carboxylic acids is 1. The summed E-state index contributed by atoms with van der Waals surface area (Å²) in [6.45, 7) is 3.06. The van der Waals surface area contributed by atoms with E-state index in [0.29, 0.717) is 31.0 Å². The van der Waals surface area contributed by atoms with Gasteiger partial charge in [-0.1, -0.05) is 30.3 Å². The van der Waals surface area contributed by atoms with Crippen LogP contribution in [-0.4, -0.2) is 54.5 Å². The maximum Gasteiger partial charge on any atom is 0.407 e. The first kappa shape index (κ1) is 20.6. The summed E-state index contributed by atoms with van der Waals surface area (Å²) in [7, 11) is 1.59. The van der Waals surface area contributed by atoms with Crippen LogP contribution in [0, 0.1) is 6.92 Å². The lowest BCUT2D eigenvalue weighted by Gasteiger charge is -2.38. The number of anilines is 1. The maximum absolute atomic E-state index is 12.2. The highest BCUT2D eigenvalue weighted by molar-refractivity contribution is 5.88. The average Bonchev–Trinajstić information content (AvgIpc) is 2.72. The number of piperidine rings is 1. The van der Waals surface area contributed by atoms with Crippen LogP contribution < -0.4 is 10.2 Å². The Balaban J connectivity index is 1.59. The molecule has 1 fully saturated rings. The van der Waals surface area contributed by atoms with E-state index in [1.54, 1.807) is 20.1 Å². The van der Waals surface area contributed by atoms with Crippen LogP contribution in [-0.2, 0) is 16.1 Å². The smallest absolute Gasteiger partial charge is 0.407 e. The Morgan fingerprint density at radius 2 is 2.03 bits per heavy atom. The van der Waals surface area contributed by atoms with Gasteiger partial charge in [0.25, 0.3) is 0 Å². The zero-order valence-corrected chi connectivity index (χ0v) is 16.5. The van der Waals surface area contributed by atoms with Crippen LogP contribution in [0.3, 0.4) is 0 Å². The summed E-state index contributed by atoms with van der Waals surface area (Å²) >= 11 is 0. The van der Waals surface area contributed by atoms with Crippen molar-refractivity contribution in [1.82, 2.24) is 10.3 Å². The van der Waals surface area contributed by atoms with Gasteiger partial charge in [0.05, 0.1) is 17.7 Å². The van der Waals surface area contributed by atoms with Gasteiger partial charge in [-0.05, 0) is 31.0 Å². The number of alkyl carbamates (subject to hydrolysis) is 1.